The van der Waals surface area contributed by atoms with Crippen LogP contribution in [0.2, 0.25) is 0 Å². The van der Waals surface area contributed by atoms with Crippen LogP contribution in [-0.2, 0) is 0 Å². The number of benzene rings is 1. The van der Waals surface area contributed by atoms with Crippen molar-refractivity contribution in [3.8, 4) is 0 Å². The average Bonchev–Trinajstić information content (AvgIpc) is 2.45. The largest absolute Gasteiger partial charge is 0.399 e. The quantitative estimate of drug-likeness (QED) is 0.869. The summed E-state index contributed by atoms with van der Waals surface area (Å²) in [6.07, 6.45) is 1.19. The Morgan fingerprint density at radius 3 is 2.14 bits per heavy atom. The van der Waals surface area contributed by atoms with Gasteiger partial charge in [0.05, 0.1) is 0 Å². The first-order valence-corrected chi connectivity index (χ1v) is 7.72. The number of carbonyl (C=O) groups excluding carboxylic acids is 1. The third kappa shape index (κ3) is 5.50. The van der Waals surface area contributed by atoms with Gasteiger partial charge in [0.25, 0.3) is 5.91 Å². The van der Waals surface area contributed by atoms with Crippen LogP contribution in [0.4, 0.5) is 5.69 Å². The van der Waals surface area contributed by atoms with E-state index in [4.69, 9.17) is 5.73 Å². The monoisotopic (exact) mass is 325 g/mol. The summed E-state index contributed by atoms with van der Waals surface area (Å²) in [4.78, 5) is 16.8. The molecule has 5 heteroatoms. The Bertz CT molecular complexity index is 474. The van der Waals surface area contributed by atoms with E-state index < -0.39 is 0 Å². The van der Waals surface area contributed by atoms with Crippen molar-refractivity contribution in [3.63, 3.8) is 0 Å². The second kappa shape index (κ2) is 7.84. The summed E-state index contributed by atoms with van der Waals surface area (Å²) >= 11 is 0. The summed E-state index contributed by atoms with van der Waals surface area (Å²) in [7, 11) is 0. The van der Waals surface area contributed by atoms with Crippen LogP contribution in [0, 0.1) is 5.41 Å². The third-order valence-corrected chi connectivity index (χ3v) is 4.00. The molecule has 2 N–H and O–H groups in total. The van der Waals surface area contributed by atoms with E-state index in [0.717, 1.165) is 38.3 Å². The van der Waals surface area contributed by atoms with Gasteiger partial charge in [-0.15, -0.1) is 12.4 Å². The number of anilines is 1. The van der Waals surface area contributed by atoms with Crippen LogP contribution in [0.5, 0.6) is 0 Å². The van der Waals surface area contributed by atoms with Crippen molar-refractivity contribution in [1.82, 2.24) is 9.80 Å². The first-order valence-electron chi connectivity index (χ1n) is 7.72. The van der Waals surface area contributed by atoms with E-state index in [1.807, 2.05) is 17.0 Å². The van der Waals surface area contributed by atoms with Gasteiger partial charge in [0.2, 0.25) is 0 Å². The van der Waals surface area contributed by atoms with Crippen molar-refractivity contribution in [2.24, 2.45) is 5.41 Å². The van der Waals surface area contributed by atoms with Gasteiger partial charge in [-0.1, -0.05) is 20.8 Å². The molecule has 22 heavy (non-hydrogen) atoms. The molecular formula is C17H28ClN3O. The van der Waals surface area contributed by atoms with Crippen molar-refractivity contribution in [3.05, 3.63) is 29.8 Å². The predicted molar refractivity (Wildman–Crippen MR) is 94.5 cm³/mol. The summed E-state index contributed by atoms with van der Waals surface area (Å²) in [5, 5.41) is 0. The van der Waals surface area contributed by atoms with Gasteiger partial charge in [-0.05, 0) is 42.6 Å². The van der Waals surface area contributed by atoms with E-state index in [9.17, 15) is 4.79 Å². The van der Waals surface area contributed by atoms with E-state index in [1.54, 1.807) is 12.1 Å². The molecule has 0 aromatic heterocycles. The SMILES string of the molecule is CC(C)(C)CCN1CCN(C(=O)c2ccc(N)cc2)CC1.Cl. The minimum atomic E-state index is 0. The molecule has 1 fully saturated rings. The zero-order valence-electron chi connectivity index (χ0n) is 13.8. The highest BCUT2D eigenvalue weighted by Crippen LogP contribution is 2.19. The number of hydrogen-bond donors (Lipinski definition) is 1. The zero-order valence-corrected chi connectivity index (χ0v) is 14.7. The maximum absolute atomic E-state index is 12.4. The standard InChI is InChI=1S/C17H27N3O.ClH/c1-17(2,3)8-9-19-10-12-20(13-11-19)16(21)14-4-6-15(18)7-5-14;/h4-7H,8-13,18H2,1-3H3;1H. The molecule has 0 atom stereocenters. The lowest BCUT2D eigenvalue weighted by molar-refractivity contribution is 0.0623. The number of hydrogen-bond acceptors (Lipinski definition) is 3. The summed E-state index contributed by atoms with van der Waals surface area (Å²) in [5.41, 5.74) is 7.45. The minimum Gasteiger partial charge on any atom is -0.399 e. The van der Waals surface area contributed by atoms with Crippen molar-refractivity contribution >= 4 is 24.0 Å². The molecule has 0 radical (unpaired) electrons. The lowest BCUT2D eigenvalue weighted by atomic mass is 9.92. The van der Waals surface area contributed by atoms with E-state index in [0.29, 0.717) is 11.1 Å². The Hall–Kier alpha value is -1.26. The molecule has 4 nitrogen and oxygen atoms in total. The number of nitrogens with two attached hydrogens (primary N) is 1. The number of carbonyl (C=O) groups is 1. The molecule has 1 amide bonds. The summed E-state index contributed by atoms with van der Waals surface area (Å²) in [6, 6.07) is 7.19. The maximum Gasteiger partial charge on any atom is 0.253 e. The number of amides is 1. The van der Waals surface area contributed by atoms with Gasteiger partial charge in [0, 0.05) is 37.4 Å². The lowest BCUT2D eigenvalue weighted by Crippen LogP contribution is -2.49. The summed E-state index contributed by atoms with van der Waals surface area (Å²) < 4.78 is 0. The minimum absolute atomic E-state index is 0. The van der Waals surface area contributed by atoms with Crippen LogP contribution in [0.1, 0.15) is 37.6 Å². The number of halogens is 1. The molecular weight excluding hydrogens is 298 g/mol. The average molecular weight is 326 g/mol. The molecule has 1 aliphatic heterocycles. The topological polar surface area (TPSA) is 49.6 Å². The summed E-state index contributed by atoms with van der Waals surface area (Å²) in [5.74, 6) is 0.116. The van der Waals surface area contributed by atoms with Crippen LogP contribution in [0.15, 0.2) is 24.3 Å². The van der Waals surface area contributed by atoms with Crippen molar-refractivity contribution < 1.29 is 4.79 Å². The fraction of sp³-hybridized carbons (Fsp3) is 0.588. The van der Waals surface area contributed by atoms with Gasteiger partial charge in [0.15, 0.2) is 0 Å². The summed E-state index contributed by atoms with van der Waals surface area (Å²) in [6.45, 7) is 11.5. The second-order valence-corrected chi connectivity index (χ2v) is 7.07. The fourth-order valence-corrected chi connectivity index (χ4v) is 2.48. The van der Waals surface area contributed by atoms with Crippen LogP contribution in [0.25, 0.3) is 0 Å². The number of piperazine rings is 1. The molecule has 0 aliphatic carbocycles. The predicted octanol–water partition coefficient (Wildman–Crippen LogP) is 2.88. The van der Waals surface area contributed by atoms with Crippen molar-refractivity contribution in [2.45, 2.75) is 27.2 Å². The van der Waals surface area contributed by atoms with E-state index >= 15 is 0 Å². The highest BCUT2D eigenvalue weighted by molar-refractivity contribution is 5.94. The van der Waals surface area contributed by atoms with Crippen LogP contribution in [0.3, 0.4) is 0 Å². The molecule has 1 aromatic carbocycles. The molecule has 0 saturated carbocycles. The van der Waals surface area contributed by atoms with Gasteiger partial charge in [-0.3, -0.25) is 9.69 Å². The van der Waals surface area contributed by atoms with E-state index in [-0.39, 0.29) is 18.3 Å². The van der Waals surface area contributed by atoms with Gasteiger partial charge < -0.3 is 10.6 Å². The molecule has 0 bridgehead atoms. The van der Waals surface area contributed by atoms with Gasteiger partial charge >= 0.3 is 0 Å². The van der Waals surface area contributed by atoms with Crippen LogP contribution < -0.4 is 5.73 Å². The molecule has 1 heterocycles. The molecule has 124 valence electrons. The van der Waals surface area contributed by atoms with Crippen molar-refractivity contribution in [2.75, 3.05) is 38.5 Å². The lowest BCUT2D eigenvalue weighted by Gasteiger charge is -2.36. The molecule has 1 aromatic rings. The first-order chi connectivity index (χ1) is 9.85. The van der Waals surface area contributed by atoms with E-state index in [1.165, 1.54) is 6.42 Å². The smallest absolute Gasteiger partial charge is 0.253 e. The molecule has 1 aliphatic rings. The highest BCUT2D eigenvalue weighted by atomic mass is 35.5. The third-order valence-electron chi connectivity index (χ3n) is 4.00. The second-order valence-electron chi connectivity index (χ2n) is 7.07. The van der Waals surface area contributed by atoms with Gasteiger partial charge in [-0.2, -0.15) is 0 Å². The van der Waals surface area contributed by atoms with E-state index in [2.05, 4.69) is 25.7 Å². The maximum atomic E-state index is 12.4. The van der Waals surface area contributed by atoms with Crippen LogP contribution in [-0.4, -0.2) is 48.4 Å². The fourth-order valence-electron chi connectivity index (χ4n) is 2.48. The number of rotatable bonds is 3. The Labute approximate surface area is 140 Å². The Morgan fingerprint density at radius 1 is 1.09 bits per heavy atom. The number of nitrogen functional groups attached to an aromatic ring is 1. The molecule has 2 rings (SSSR count). The zero-order chi connectivity index (χ0) is 15.5. The molecule has 0 spiro atoms. The normalized spacial score (nSPS) is 16.2. The van der Waals surface area contributed by atoms with Crippen LogP contribution >= 0.6 is 12.4 Å². The Morgan fingerprint density at radius 2 is 1.64 bits per heavy atom. The Kier molecular flexibility index (Phi) is 6.69. The highest BCUT2D eigenvalue weighted by Gasteiger charge is 2.22. The molecule has 0 unspecified atom stereocenters. The molecule has 1 saturated heterocycles. The Balaban J connectivity index is 0.00000242. The van der Waals surface area contributed by atoms with Gasteiger partial charge in [0.1, 0.15) is 0 Å². The van der Waals surface area contributed by atoms with Gasteiger partial charge in [-0.25, -0.2) is 0 Å². The number of nitrogens with zero attached hydrogens (tertiary/aromatic N) is 2. The first kappa shape index (κ1) is 18.8. The van der Waals surface area contributed by atoms with Crippen molar-refractivity contribution in [1.29, 1.82) is 0 Å².